The van der Waals surface area contributed by atoms with Crippen molar-refractivity contribution in [1.82, 2.24) is 15.3 Å². The number of carbonyl (C=O) groups is 1. The van der Waals surface area contributed by atoms with Crippen molar-refractivity contribution in [2.24, 2.45) is 0 Å². The number of hydrogen-bond acceptors (Lipinski definition) is 5. The standard InChI is InChI=1S/C21H29N5O/c1-14(2)22-21(27)18-13-20(24-17(5)23-18)26-11-9-25(10-12-26)19-8-6-7-15(3)16(19)4/h6-8,13-14H,9-12H2,1-5H3,(H,22,27). The molecule has 1 saturated heterocycles. The summed E-state index contributed by atoms with van der Waals surface area (Å²) in [5.41, 5.74) is 4.41. The third-order valence-electron chi connectivity index (χ3n) is 5.00. The highest BCUT2D eigenvalue weighted by atomic mass is 16.1. The second-order valence-electron chi connectivity index (χ2n) is 7.48. The number of rotatable bonds is 4. The highest BCUT2D eigenvalue weighted by Gasteiger charge is 2.21. The fourth-order valence-corrected chi connectivity index (χ4v) is 3.42. The molecule has 2 aromatic rings. The molecule has 0 aliphatic carbocycles. The predicted molar refractivity (Wildman–Crippen MR) is 110 cm³/mol. The van der Waals surface area contributed by atoms with Gasteiger partial charge >= 0.3 is 0 Å². The quantitative estimate of drug-likeness (QED) is 0.900. The van der Waals surface area contributed by atoms with Crippen LogP contribution in [-0.2, 0) is 0 Å². The van der Waals surface area contributed by atoms with Gasteiger partial charge in [0.25, 0.3) is 5.91 Å². The maximum absolute atomic E-state index is 12.3. The Morgan fingerprint density at radius 3 is 2.37 bits per heavy atom. The first-order valence-electron chi connectivity index (χ1n) is 9.58. The Balaban J connectivity index is 1.73. The van der Waals surface area contributed by atoms with Crippen LogP contribution in [0, 0.1) is 20.8 Å². The van der Waals surface area contributed by atoms with E-state index in [4.69, 9.17) is 0 Å². The number of nitrogens with zero attached hydrogens (tertiary/aromatic N) is 4. The van der Waals surface area contributed by atoms with Gasteiger partial charge in [0.1, 0.15) is 17.3 Å². The van der Waals surface area contributed by atoms with Crippen molar-refractivity contribution in [3.63, 3.8) is 0 Å². The Morgan fingerprint density at radius 2 is 1.70 bits per heavy atom. The number of piperazine rings is 1. The summed E-state index contributed by atoms with van der Waals surface area (Å²) in [5.74, 6) is 1.31. The molecule has 1 aromatic heterocycles. The number of aromatic nitrogens is 2. The zero-order valence-electron chi connectivity index (χ0n) is 16.9. The zero-order valence-corrected chi connectivity index (χ0v) is 16.9. The van der Waals surface area contributed by atoms with Gasteiger partial charge in [0.15, 0.2) is 0 Å². The molecule has 1 fully saturated rings. The summed E-state index contributed by atoms with van der Waals surface area (Å²) in [4.78, 5) is 25.9. The van der Waals surface area contributed by atoms with E-state index < -0.39 is 0 Å². The Morgan fingerprint density at radius 1 is 1.04 bits per heavy atom. The summed E-state index contributed by atoms with van der Waals surface area (Å²) >= 11 is 0. The number of benzene rings is 1. The molecular weight excluding hydrogens is 338 g/mol. The molecule has 6 nitrogen and oxygen atoms in total. The van der Waals surface area contributed by atoms with Crippen LogP contribution in [0.1, 0.15) is 41.3 Å². The van der Waals surface area contributed by atoms with E-state index in [1.54, 1.807) is 6.07 Å². The lowest BCUT2D eigenvalue weighted by molar-refractivity contribution is 0.0937. The summed E-state index contributed by atoms with van der Waals surface area (Å²) in [5, 5.41) is 2.90. The molecule has 1 aliphatic heterocycles. The van der Waals surface area contributed by atoms with Gasteiger partial charge in [0, 0.05) is 44.0 Å². The van der Waals surface area contributed by atoms with Gasteiger partial charge in [0.2, 0.25) is 0 Å². The summed E-state index contributed by atoms with van der Waals surface area (Å²) in [7, 11) is 0. The third kappa shape index (κ3) is 4.38. The number of hydrogen-bond donors (Lipinski definition) is 1. The van der Waals surface area contributed by atoms with Gasteiger partial charge in [-0.1, -0.05) is 12.1 Å². The fraction of sp³-hybridized carbons (Fsp3) is 0.476. The molecule has 1 aliphatic rings. The summed E-state index contributed by atoms with van der Waals surface area (Å²) in [6.45, 7) is 13.7. The van der Waals surface area contributed by atoms with Crippen LogP contribution in [0.15, 0.2) is 24.3 Å². The summed E-state index contributed by atoms with van der Waals surface area (Å²) in [6, 6.07) is 8.36. The van der Waals surface area contributed by atoms with Crippen LogP contribution in [0.4, 0.5) is 11.5 Å². The van der Waals surface area contributed by atoms with Crippen molar-refractivity contribution in [2.45, 2.75) is 40.7 Å². The van der Waals surface area contributed by atoms with Crippen LogP contribution in [0.5, 0.6) is 0 Å². The first kappa shape index (κ1) is 19.1. The maximum Gasteiger partial charge on any atom is 0.270 e. The van der Waals surface area contributed by atoms with E-state index >= 15 is 0 Å². The van der Waals surface area contributed by atoms with Gasteiger partial charge < -0.3 is 15.1 Å². The van der Waals surface area contributed by atoms with E-state index in [0.29, 0.717) is 11.5 Å². The molecular formula is C21H29N5O. The summed E-state index contributed by atoms with van der Waals surface area (Å²) < 4.78 is 0. The van der Waals surface area contributed by atoms with Crippen molar-refractivity contribution in [3.05, 3.63) is 46.9 Å². The largest absolute Gasteiger partial charge is 0.368 e. The maximum atomic E-state index is 12.3. The molecule has 0 radical (unpaired) electrons. The molecule has 1 amide bonds. The predicted octanol–water partition coefficient (Wildman–Crippen LogP) is 2.87. The van der Waals surface area contributed by atoms with Crippen molar-refractivity contribution < 1.29 is 4.79 Å². The number of anilines is 2. The van der Waals surface area contributed by atoms with Gasteiger partial charge in [-0.15, -0.1) is 0 Å². The molecule has 3 rings (SSSR count). The van der Waals surface area contributed by atoms with Crippen molar-refractivity contribution in [1.29, 1.82) is 0 Å². The molecule has 0 saturated carbocycles. The topological polar surface area (TPSA) is 61.4 Å². The van der Waals surface area contributed by atoms with Crippen LogP contribution >= 0.6 is 0 Å². The second-order valence-corrected chi connectivity index (χ2v) is 7.48. The van der Waals surface area contributed by atoms with Gasteiger partial charge in [-0.25, -0.2) is 9.97 Å². The molecule has 0 atom stereocenters. The molecule has 1 aromatic carbocycles. The average molecular weight is 367 g/mol. The second kappa shape index (κ2) is 7.94. The molecule has 0 spiro atoms. The van der Waals surface area contributed by atoms with Crippen LogP contribution in [-0.4, -0.2) is 48.1 Å². The molecule has 2 heterocycles. The molecule has 27 heavy (non-hydrogen) atoms. The van der Waals surface area contributed by atoms with Gasteiger partial charge in [0.05, 0.1) is 0 Å². The highest BCUT2D eigenvalue weighted by Crippen LogP contribution is 2.25. The fourth-order valence-electron chi connectivity index (χ4n) is 3.42. The van der Waals surface area contributed by atoms with Crippen LogP contribution in [0.25, 0.3) is 0 Å². The summed E-state index contributed by atoms with van der Waals surface area (Å²) in [6.07, 6.45) is 0. The van der Waals surface area contributed by atoms with Gasteiger partial charge in [-0.05, 0) is 51.8 Å². The molecule has 0 bridgehead atoms. The normalized spacial score (nSPS) is 14.6. The van der Waals surface area contributed by atoms with Crippen molar-refractivity contribution in [2.75, 3.05) is 36.0 Å². The van der Waals surface area contributed by atoms with Crippen LogP contribution in [0.3, 0.4) is 0 Å². The van der Waals surface area contributed by atoms with E-state index in [9.17, 15) is 4.79 Å². The minimum absolute atomic E-state index is 0.0809. The Labute approximate surface area is 161 Å². The Kier molecular flexibility index (Phi) is 5.63. The first-order chi connectivity index (χ1) is 12.8. The minimum Gasteiger partial charge on any atom is -0.368 e. The van der Waals surface area contributed by atoms with Crippen molar-refractivity contribution >= 4 is 17.4 Å². The molecule has 0 unspecified atom stereocenters. The highest BCUT2D eigenvalue weighted by molar-refractivity contribution is 5.93. The van der Waals surface area contributed by atoms with E-state index in [1.165, 1.54) is 16.8 Å². The number of aryl methyl sites for hydroxylation is 2. The van der Waals surface area contributed by atoms with E-state index in [0.717, 1.165) is 32.0 Å². The van der Waals surface area contributed by atoms with E-state index in [2.05, 4.69) is 57.1 Å². The lowest BCUT2D eigenvalue weighted by Gasteiger charge is -2.37. The van der Waals surface area contributed by atoms with Gasteiger partial charge in [-0.3, -0.25) is 4.79 Å². The Hall–Kier alpha value is -2.63. The first-order valence-corrected chi connectivity index (χ1v) is 9.58. The minimum atomic E-state index is -0.147. The lowest BCUT2D eigenvalue weighted by Crippen LogP contribution is -2.47. The monoisotopic (exact) mass is 367 g/mol. The van der Waals surface area contributed by atoms with Crippen LogP contribution < -0.4 is 15.1 Å². The smallest absolute Gasteiger partial charge is 0.270 e. The van der Waals surface area contributed by atoms with E-state index in [1.807, 2.05) is 20.8 Å². The lowest BCUT2D eigenvalue weighted by atomic mass is 10.1. The van der Waals surface area contributed by atoms with Crippen molar-refractivity contribution in [3.8, 4) is 0 Å². The third-order valence-corrected chi connectivity index (χ3v) is 5.00. The SMILES string of the molecule is Cc1nc(C(=O)NC(C)C)cc(N2CCN(c3cccc(C)c3C)CC2)n1. The van der Waals surface area contributed by atoms with Crippen LogP contribution in [0.2, 0.25) is 0 Å². The molecule has 144 valence electrons. The van der Waals surface area contributed by atoms with Gasteiger partial charge in [-0.2, -0.15) is 0 Å². The Bertz CT molecular complexity index is 825. The number of nitrogens with one attached hydrogen (secondary N) is 1. The number of carbonyl (C=O) groups excluding carboxylic acids is 1. The molecule has 1 N–H and O–H groups in total. The zero-order chi connectivity index (χ0) is 19.6. The van der Waals surface area contributed by atoms with E-state index in [-0.39, 0.29) is 11.9 Å². The number of amides is 1. The average Bonchev–Trinajstić information content (AvgIpc) is 2.63. The molecule has 6 heteroatoms.